The van der Waals surface area contributed by atoms with Crippen LogP contribution < -0.4 is 10.1 Å². The Kier molecular flexibility index (Phi) is 7.06. The molecule has 1 aliphatic heterocycles. The summed E-state index contributed by atoms with van der Waals surface area (Å²) in [6.45, 7) is 2.00. The molecule has 2 aromatic heterocycles. The fraction of sp³-hybridized carbons (Fsp3) is 0.300. The second kappa shape index (κ2) is 9.43. The lowest BCUT2D eigenvalue weighted by Crippen LogP contribution is -2.40. The van der Waals surface area contributed by atoms with E-state index in [1.54, 1.807) is 11.1 Å². The van der Waals surface area contributed by atoms with Gasteiger partial charge in [-0.2, -0.15) is 0 Å². The van der Waals surface area contributed by atoms with Gasteiger partial charge in [0.05, 0.1) is 29.3 Å². The van der Waals surface area contributed by atoms with Crippen LogP contribution in [0.5, 0.6) is 5.75 Å². The molecule has 1 N–H and O–H groups in total. The van der Waals surface area contributed by atoms with Crippen molar-refractivity contribution in [2.75, 3.05) is 31.6 Å². The van der Waals surface area contributed by atoms with E-state index in [4.69, 9.17) is 16.3 Å². The van der Waals surface area contributed by atoms with Crippen LogP contribution in [0.1, 0.15) is 10.4 Å². The van der Waals surface area contributed by atoms with Crippen molar-refractivity contribution in [3.05, 3.63) is 47.2 Å². The van der Waals surface area contributed by atoms with Crippen molar-refractivity contribution >= 4 is 52.3 Å². The molecular weight excluding hydrogens is 472 g/mol. The lowest BCUT2D eigenvalue weighted by molar-refractivity contribution is -0.274. The zero-order chi connectivity index (χ0) is 22.2. The van der Waals surface area contributed by atoms with Crippen LogP contribution in [0.15, 0.2) is 36.7 Å². The van der Waals surface area contributed by atoms with E-state index in [9.17, 15) is 18.0 Å². The number of benzene rings is 1. The molecule has 0 aliphatic carbocycles. The van der Waals surface area contributed by atoms with Crippen molar-refractivity contribution in [1.29, 1.82) is 0 Å². The van der Waals surface area contributed by atoms with E-state index in [-0.39, 0.29) is 23.3 Å². The van der Waals surface area contributed by atoms with Crippen LogP contribution in [0, 0.1) is 0 Å². The maximum absolute atomic E-state index is 13.0. The highest BCUT2D eigenvalue weighted by atomic mass is 35.5. The van der Waals surface area contributed by atoms with Crippen molar-refractivity contribution in [3.8, 4) is 5.75 Å². The maximum Gasteiger partial charge on any atom is 0.573 e. The van der Waals surface area contributed by atoms with Crippen LogP contribution in [-0.2, 0) is 11.8 Å². The Morgan fingerprint density at radius 2 is 1.97 bits per heavy atom. The third kappa shape index (κ3) is 5.03. The Bertz CT molecular complexity index is 1130. The van der Waals surface area contributed by atoms with Gasteiger partial charge in [0.1, 0.15) is 11.6 Å². The molecule has 1 aromatic carbocycles. The van der Waals surface area contributed by atoms with Gasteiger partial charge in [-0.05, 0) is 24.3 Å². The summed E-state index contributed by atoms with van der Waals surface area (Å²) in [6.07, 6.45) is -1.54. The van der Waals surface area contributed by atoms with Gasteiger partial charge in [-0.3, -0.25) is 4.79 Å². The minimum absolute atomic E-state index is 0. The molecule has 4 rings (SSSR count). The summed E-state index contributed by atoms with van der Waals surface area (Å²) in [6, 6.07) is 5.64. The topological polar surface area (TPSA) is 68.6 Å². The predicted molar refractivity (Wildman–Crippen MR) is 116 cm³/mol. The molecule has 0 unspecified atom stereocenters. The molecule has 12 heteroatoms. The van der Waals surface area contributed by atoms with Crippen LogP contribution in [0.3, 0.4) is 0 Å². The number of amides is 1. The predicted octanol–water partition coefficient (Wildman–Crippen LogP) is 4.76. The van der Waals surface area contributed by atoms with E-state index in [0.29, 0.717) is 54.3 Å². The Balaban J connectivity index is 0.00000289. The van der Waals surface area contributed by atoms with E-state index >= 15 is 0 Å². The van der Waals surface area contributed by atoms with Gasteiger partial charge in [-0.25, -0.2) is 4.98 Å². The number of halogens is 5. The first-order valence-electron chi connectivity index (χ1n) is 9.36. The summed E-state index contributed by atoms with van der Waals surface area (Å²) >= 11 is 5.93. The van der Waals surface area contributed by atoms with Gasteiger partial charge in [-0.15, -0.1) is 25.6 Å². The molecule has 32 heavy (non-hydrogen) atoms. The quantitative estimate of drug-likeness (QED) is 0.570. The van der Waals surface area contributed by atoms with Gasteiger partial charge < -0.3 is 24.3 Å². The number of hydrogen-bond acceptors (Lipinski definition) is 5. The van der Waals surface area contributed by atoms with E-state index in [0.717, 1.165) is 6.07 Å². The monoisotopic (exact) mass is 490 g/mol. The molecule has 172 valence electrons. The first-order valence-corrected chi connectivity index (χ1v) is 9.74. The highest BCUT2D eigenvalue weighted by Gasteiger charge is 2.32. The summed E-state index contributed by atoms with van der Waals surface area (Å²) in [5.41, 5.74) is 1.57. The zero-order valence-electron chi connectivity index (χ0n) is 16.8. The molecular formula is C20H19Cl2F3N4O3. The maximum atomic E-state index is 13.0. The lowest BCUT2D eigenvalue weighted by Gasteiger charge is -2.27. The van der Waals surface area contributed by atoms with Gasteiger partial charge in [0.25, 0.3) is 5.91 Å². The number of nitrogens with zero attached hydrogens (tertiary/aromatic N) is 3. The minimum Gasteiger partial charge on any atom is -0.404 e. The Hall–Kier alpha value is -2.69. The number of morpholine rings is 1. The average molecular weight is 491 g/mol. The molecule has 1 saturated heterocycles. The van der Waals surface area contributed by atoms with Crippen LogP contribution in [-0.4, -0.2) is 53.0 Å². The summed E-state index contributed by atoms with van der Waals surface area (Å²) < 4.78 is 48.3. The molecule has 7 nitrogen and oxygen atoms in total. The molecule has 1 amide bonds. The van der Waals surface area contributed by atoms with E-state index in [1.807, 2.05) is 17.7 Å². The number of carbonyl (C=O) groups is 1. The number of ether oxygens (including phenoxy) is 2. The zero-order valence-corrected chi connectivity index (χ0v) is 18.4. The number of hydrogen-bond donors (Lipinski definition) is 1. The number of fused-ring (bicyclic) bond motifs is 1. The Morgan fingerprint density at radius 1 is 1.25 bits per heavy atom. The summed E-state index contributed by atoms with van der Waals surface area (Å²) in [5.74, 6) is -0.190. The van der Waals surface area contributed by atoms with Crippen molar-refractivity contribution in [2.45, 2.75) is 6.36 Å². The van der Waals surface area contributed by atoms with Gasteiger partial charge in [0.2, 0.25) is 0 Å². The number of nitrogens with one attached hydrogen (secondary N) is 1. The Morgan fingerprint density at radius 3 is 2.62 bits per heavy atom. The minimum atomic E-state index is -4.83. The molecule has 1 fully saturated rings. The fourth-order valence-corrected chi connectivity index (χ4v) is 3.65. The van der Waals surface area contributed by atoms with E-state index < -0.39 is 12.1 Å². The van der Waals surface area contributed by atoms with E-state index in [1.165, 1.54) is 18.3 Å². The molecule has 0 spiro atoms. The summed E-state index contributed by atoms with van der Waals surface area (Å²) in [5, 5.41) is 3.53. The smallest absolute Gasteiger partial charge is 0.404 e. The van der Waals surface area contributed by atoms with Crippen LogP contribution in [0.2, 0.25) is 5.02 Å². The number of aryl methyl sites for hydroxylation is 1. The van der Waals surface area contributed by atoms with Crippen LogP contribution in [0.4, 0.5) is 24.7 Å². The molecule has 0 atom stereocenters. The van der Waals surface area contributed by atoms with E-state index in [2.05, 4.69) is 15.0 Å². The highest BCUT2D eigenvalue weighted by molar-refractivity contribution is 6.32. The van der Waals surface area contributed by atoms with Crippen molar-refractivity contribution in [3.63, 3.8) is 0 Å². The van der Waals surface area contributed by atoms with Gasteiger partial charge in [0, 0.05) is 43.6 Å². The largest absolute Gasteiger partial charge is 0.573 e. The molecule has 1 aliphatic rings. The number of alkyl halides is 3. The number of rotatable bonds is 4. The number of carbonyl (C=O) groups excluding carboxylic acids is 1. The standard InChI is InChI=1S/C20H18ClF3N4O3.ClH/c1-27-5-4-13-17(27)14(19(29)28-6-8-30-9-7-28)11-25-18(13)26-12-2-3-16(15(21)10-12)31-20(22,23)24;/h2-5,10-11H,6-9H2,1H3,(H,25,26);1H. The molecule has 0 radical (unpaired) electrons. The highest BCUT2D eigenvalue weighted by Crippen LogP contribution is 2.34. The second-order valence-corrected chi connectivity index (χ2v) is 7.34. The normalized spacial score (nSPS) is 14.2. The summed E-state index contributed by atoms with van der Waals surface area (Å²) in [4.78, 5) is 19.1. The number of pyridine rings is 1. The summed E-state index contributed by atoms with van der Waals surface area (Å²) in [7, 11) is 1.82. The third-order valence-electron chi connectivity index (χ3n) is 4.85. The second-order valence-electron chi connectivity index (χ2n) is 6.93. The fourth-order valence-electron chi connectivity index (χ4n) is 3.43. The van der Waals surface area contributed by atoms with Gasteiger partial charge in [-0.1, -0.05) is 11.6 Å². The lowest BCUT2D eigenvalue weighted by atomic mass is 10.1. The van der Waals surface area contributed by atoms with Gasteiger partial charge in [0.15, 0.2) is 0 Å². The first kappa shape index (κ1) is 24.0. The number of aromatic nitrogens is 2. The van der Waals surface area contributed by atoms with Crippen LogP contribution >= 0.6 is 24.0 Å². The number of anilines is 2. The van der Waals surface area contributed by atoms with Crippen molar-refractivity contribution < 1.29 is 27.4 Å². The first-order chi connectivity index (χ1) is 14.7. The molecule has 3 aromatic rings. The van der Waals surface area contributed by atoms with Crippen LogP contribution in [0.25, 0.3) is 10.9 Å². The Labute approximate surface area is 192 Å². The molecule has 0 bridgehead atoms. The third-order valence-corrected chi connectivity index (χ3v) is 5.15. The van der Waals surface area contributed by atoms with Crippen molar-refractivity contribution in [1.82, 2.24) is 14.5 Å². The average Bonchev–Trinajstić information content (AvgIpc) is 3.12. The SMILES string of the molecule is Cl.Cn1ccc2c(Nc3ccc(OC(F)(F)F)c(Cl)c3)ncc(C(=O)N3CCOCC3)c21. The van der Waals surface area contributed by atoms with Crippen molar-refractivity contribution in [2.24, 2.45) is 7.05 Å². The molecule has 3 heterocycles. The van der Waals surface area contributed by atoms with Gasteiger partial charge >= 0.3 is 6.36 Å². The molecule has 0 saturated carbocycles.